The first kappa shape index (κ1) is 12.9. The summed E-state index contributed by atoms with van der Waals surface area (Å²) in [5.41, 5.74) is 6.18. The molecule has 1 fully saturated rings. The molecular weight excluding hydrogens is 290 g/mol. The molecular formula is C10H10ClN5O4. The lowest BCUT2D eigenvalue weighted by Crippen LogP contribution is -2.28. The predicted molar refractivity (Wildman–Crippen MR) is 68.6 cm³/mol. The van der Waals surface area contributed by atoms with Crippen LogP contribution in [0, 0.1) is 0 Å². The molecule has 106 valence electrons. The molecule has 2 aromatic rings. The number of aliphatic hydroxyl groups excluding tert-OH is 2. The summed E-state index contributed by atoms with van der Waals surface area (Å²) in [5, 5.41) is 19.7. The van der Waals surface area contributed by atoms with Crippen molar-refractivity contribution in [3.63, 3.8) is 0 Å². The average Bonchev–Trinajstić information content (AvgIpc) is 2.93. The number of nitrogen functional groups attached to an aromatic ring is 1. The number of nitrogens with one attached hydrogen (secondary N) is 1. The van der Waals surface area contributed by atoms with Gasteiger partial charge in [-0.25, -0.2) is 4.98 Å². The molecule has 0 unspecified atom stereocenters. The minimum atomic E-state index is -1.28. The van der Waals surface area contributed by atoms with Gasteiger partial charge >= 0.3 is 0 Å². The number of halogens is 1. The van der Waals surface area contributed by atoms with E-state index in [0.29, 0.717) is 0 Å². The van der Waals surface area contributed by atoms with Crippen LogP contribution in [0.5, 0.6) is 0 Å². The maximum Gasteiger partial charge on any atom is 0.280 e. The first-order valence-electron chi connectivity index (χ1n) is 5.58. The van der Waals surface area contributed by atoms with Crippen LogP contribution in [0.15, 0.2) is 22.4 Å². The number of rotatable bonds is 1. The van der Waals surface area contributed by atoms with E-state index in [0.717, 1.165) is 5.54 Å². The second kappa shape index (κ2) is 4.47. The van der Waals surface area contributed by atoms with Crippen LogP contribution in [0.1, 0.15) is 6.23 Å². The Labute approximate surface area is 116 Å². The van der Waals surface area contributed by atoms with Gasteiger partial charge in [-0.1, -0.05) is 11.6 Å². The molecule has 5 N–H and O–H groups in total. The predicted octanol–water partition coefficient (Wildman–Crippen LogP) is -0.967. The van der Waals surface area contributed by atoms with Gasteiger partial charge in [-0.2, -0.15) is 4.98 Å². The molecule has 0 amide bonds. The highest BCUT2D eigenvalue weighted by molar-refractivity contribution is 6.25. The number of aromatic nitrogens is 4. The van der Waals surface area contributed by atoms with Crippen molar-refractivity contribution >= 4 is 28.7 Å². The first-order valence-corrected chi connectivity index (χ1v) is 6.02. The van der Waals surface area contributed by atoms with E-state index in [-0.39, 0.29) is 22.9 Å². The zero-order valence-electron chi connectivity index (χ0n) is 9.89. The summed E-state index contributed by atoms with van der Waals surface area (Å²) in [6, 6.07) is 0. The molecule has 20 heavy (non-hydrogen) atoms. The van der Waals surface area contributed by atoms with Crippen molar-refractivity contribution in [1.29, 1.82) is 0 Å². The Morgan fingerprint density at radius 3 is 2.95 bits per heavy atom. The molecule has 9 nitrogen and oxygen atoms in total. The fourth-order valence-corrected chi connectivity index (χ4v) is 2.22. The van der Waals surface area contributed by atoms with Gasteiger partial charge in [0.1, 0.15) is 24.3 Å². The van der Waals surface area contributed by atoms with Gasteiger partial charge in [0, 0.05) is 5.54 Å². The number of nitrogens with zero attached hydrogens (tertiary/aromatic N) is 3. The molecule has 0 aromatic carbocycles. The van der Waals surface area contributed by atoms with Gasteiger partial charge in [0.15, 0.2) is 11.2 Å². The van der Waals surface area contributed by atoms with E-state index in [1.54, 1.807) is 0 Å². The van der Waals surface area contributed by atoms with Gasteiger partial charge in [0.2, 0.25) is 12.2 Å². The van der Waals surface area contributed by atoms with Crippen LogP contribution in [0.2, 0.25) is 0 Å². The van der Waals surface area contributed by atoms with E-state index < -0.39 is 24.0 Å². The number of anilines is 1. The summed E-state index contributed by atoms with van der Waals surface area (Å²) in [6.45, 7) is 0. The molecule has 1 aliphatic heterocycles. The number of aliphatic hydroxyl groups is 2. The third kappa shape index (κ3) is 1.75. The second-order valence-electron chi connectivity index (χ2n) is 4.23. The van der Waals surface area contributed by atoms with E-state index in [9.17, 15) is 15.0 Å². The molecule has 10 heteroatoms. The van der Waals surface area contributed by atoms with Crippen molar-refractivity contribution in [3.8, 4) is 0 Å². The maximum absolute atomic E-state index is 11.7. The lowest BCUT2D eigenvalue weighted by molar-refractivity contribution is -0.0118. The summed E-state index contributed by atoms with van der Waals surface area (Å²) in [5.74, 6) is -0.0748. The zero-order chi connectivity index (χ0) is 14.4. The molecule has 3 rings (SSSR count). The number of nitrogens with two attached hydrogens (primary N) is 1. The fraction of sp³-hybridized carbons (Fsp3) is 0.300. The summed E-state index contributed by atoms with van der Waals surface area (Å²) >= 11 is 5.49. The van der Waals surface area contributed by atoms with Gasteiger partial charge in [-0.3, -0.25) is 14.3 Å². The Kier molecular flexibility index (Phi) is 2.89. The van der Waals surface area contributed by atoms with Crippen LogP contribution < -0.4 is 11.3 Å². The zero-order valence-corrected chi connectivity index (χ0v) is 10.7. The van der Waals surface area contributed by atoms with E-state index in [1.165, 1.54) is 10.9 Å². The van der Waals surface area contributed by atoms with Crippen LogP contribution in [0.3, 0.4) is 0 Å². The van der Waals surface area contributed by atoms with Crippen molar-refractivity contribution in [2.75, 3.05) is 5.73 Å². The molecule has 3 heterocycles. The number of fused-ring (bicyclic) bond motifs is 1. The first-order chi connectivity index (χ1) is 9.52. The molecule has 1 saturated heterocycles. The highest BCUT2D eigenvalue weighted by Crippen LogP contribution is 2.33. The van der Waals surface area contributed by atoms with Gasteiger partial charge < -0.3 is 20.7 Å². The van der Waals surface area contributed by atoms with Crippen molar-refractivity contribution < 1.29 is 14.9 Å². The number of hydrogen-bond acceptors (Lipinski definition) is 7. The number of ether oxygens (including phenoxy) is 1. The Morgan fingerprint density at radius 2 is 2.30 bits per heavy atom. The van der Waals surface area contributed by atoms with Crippen LogP contribution in [0.4, 0.5) is 5.95 Å². The Morgan fingerprint density at radius 1 is 1.55 bits per heavy atom. The molecule has 0 saturated carbocycles. The number of hydrogen-bond donors (Lipinski definition) is 4. The normalized spacial score (nSPS) is 28.1. The van der Waals surface area contributed by atoms with Crippen LogP contribution in [0.25, 0.3) is 11.2 Å². The monoisotopic (exact) mass is 299 g/mol. The van der Waals surface area contributed by atoms with Gasteiger partial charge in [-0.15, -0.1) is 0 Å². The highest BCUT2D eigenvalue weighted by Gasteiger charge is 2.41. The van der Waals surface area contributed by atoms with Crippen LogP contribution >= 0.6 is 11.6 Å². The van der Waals surface area contributed by atoms with E-state index in [1.807, 2.05) is 0 Å². The largest absolute Gasteiger partial charge is 0.468 e. The van der Waals surface area contributed by atoms with Crippen molar-refractivity contribution in [3.05, 3.63) is 28.0 Å². The van der Waals surface area contributed by atoms with Crippen LogP contribution in [-0.2, 0) is 4.74 Å². The fourth-order valence-electron chi connectivity index (χ4n) is 2.04. The quantitative estimate of drug-likeness (QED) is 0.531. The molecule has 0 bridgehead atoms. The highest BCUT2D eigenvalue weighted by atomic mass is 35.5. The maximum atomic E-state index is 11.7. The van der Waals surface area contributed by atoms with Crippen molar-refractivity contribution in [1.82, 2.24) is 19.5 Å². The van der Waals surface area contributed by atoms with E-state index in [4.69, 9.17) is 22.1 Å². The topological polar surface area (TPSA) is 139 Å². The minimum absolute atomic E-state index is 0.0174. The van der Waals surface area contributed by atoms with E-state index >= 15 is 0 Å². The smallest absolute Gasteiger partial charge is 0.280 e. The Bertz CT molecular complexity index is 754. The van der Waals surface area contributed by atoms with Gasteiger partial charge in [0.25, 0.3) is 5.56 Å². The number of H-pyrrole nitrogens is 1. The number of imidazole rings is 1. The molecule has 0 aliphatic carbocycles. The van der Waals surface area contributed by atoms with Crippen molar-refractivity contribution in [2.24, 2.45) is 0 Å². The Balaban J connectivity index is 2.14. The third-order valence-electron chi connectivity index (χ3n) is 3.00. The second-order valence-corrected chi connectivity index (χ2v) is 4.45. The third-order valence-corrected chi connectivity index (χ3v) is 3.21. The average molecular weight is 300 g/mol. The summed E-state index contributed by atoms with van der Waals surface area (Å²) in [7, 11) is 0. The van der Waals surface area contributed by atoms with Gasteiger partial charge in [-0.05, 0) is 0 Å². The molecule has 3 atom stereocenters. The van der Waals surface area contributed by atoms with Crippen LogP contribution in [-0.4, -0.2) is 41.9 Å². The standard InChI is InChI=1S/C10H10ClN5O4/c11-1-3-5(17)6(18)9(20-3)16-2-13-4-7(16)14-10(12)15-8(4)19/h1-2,5-6,9,17-18H,(H3,12,14,15,19)/t5-,6-,9-/m1/s1. The molecule has 0 spiro atoms. The molecule has 2 aromatic heterocycles. The summed E-state index contributed by atoms with van der Waals surface area (Å²) in [4.78, 5) is 21.8. The summed E-state index contributed by atoms with van der Waals surface area (Å²) in [6.07, 6.45) is -2.29. The SMILES string of the molecule is Nc1nc2c(ncn2[C@@H]2OC(=CCl)[C@@H](O)[C@H]2O)c(=O)[nH]1. The number of aromatic amines is 1. The minimum Gasteiger partial charge on any atom is -0.468 e. The molecule has 1 aliphatic rings. The van der Waals surface area contributed by atoms with Gasteiger partial charge in [0.05, 0.1) is 0 Å². The van der Waals surface area contributed by atoms with Crippen molar-refractivity contribution in [2.45, 2.75) is 18.4 Å². The summed E-state index contributed by atoms with van der Waals surface area (Å²) < 4.78 is 6.63. The Hall–Kier alpha value is -2.10. The lowest BCUT2D eigenvalue weighted by Gasteiger charge is -2.15. The lowest BCUT2D eigenvalue weighted by atomic mass is 10.2. The molecule has 0 radical (unpaired) electrons. The van der Waals surface area contributed by atoms with E-state index in [2.05, 4.69) is 15.0 Å².